The highest BCUT2D eigenvalue weighted by molar-refractivity contribution is 6.18. The smallest absolute Gasteiger partial charge is 0.192 e. The summed E-state index contributed by atoms with van der Waals surface area (Å²) < 4.78 is 10.5. The maximum atomic E-state index is 11.5. The molecule has 0 bridgehead atoms. The van der Waals surface area contributed by atoms with Crippen LogP contribution in [0.25, 0.3) is 11.0 Å². The summed E-state index contributed by atoms with van der Waals surface area (Å²) in [7, 11) is 0. The standard InChI is InChI=1S/C11H9ClO3/c12-4-6-14-8-1-2-11-9(7-8)10(13)3-5-15-11/h1-3,5,7H,4,6H2. The van der Waals surface area contributed by atoms with E-state index in [1.807, 2.05) is 0 Å². The number of fused-ring (bicyclic) bond motifs is 1. The molecule has 1 aromatic heterocycles. The third-order valence-corrected chi connectivity index (χ3v) is 2.13. The first-order chi connectivity index (χ1) is 7.31. The van der Waals surface area contributed by atoms with Gasteiger partial charge in [0.05, 0.1) is 17.5 Å². The molecular weight excluding hydrogens is 216 g/mol. The minimum absolute atomic E-state index is 0.0763. The molecule has 0 spiro atoms. The maximum Gasteiger partial charge on any atom is 0.192 e. The van der Waals surface area contributed by atoms with E-state index in [0.717, 1.165) is 0 Å². The lowest BCUT2D eigenvalue weighted by Gasteiger charge is -2.03. The summed E-state index contributed by atoms with van der Waals surface area (Å²) in [6, 6.07) is 6.50. The molecule has 0 aliphatic rings. The van der Waals surface area contributed by atoms with Crippen LogP contribution in [0.15, 0.2) is 39.7 Å². The molecule has 4 heteroatoms. The molecule has 1 aromatic carbocycles. The summed E-state index contributed by atoms with van der Waals surface area (Å²) in [5.74, 6) is 1.04. The van der Waals surface area contributed by atoms with Gasteiger partial charge in [0.15, 0.2) is 5.43 Å². The molecule has 0 N–H and O–H groups in total. The van der Waals surface area contributed by atoms with Crippen molar-refractivity contribution < 1.29 is 9.15 Å². The minimum Gasteiger partial charge on any atom is -0.492 e. The Kier molecular flexibility index (Phi) is 2.92. The van der Waals surface area contributed by atoms with Gasteiger partial charge in [0.25, 0.3) is 0 Å². The molecule has 0 atom stereocenters. The van der Waals surface area contributed by atoms with E-state index in [1.165, 1.54) is 12.3 Å². The van der Waals surface area contributed by atoms with Gasteiger partial charge in [-0.15, -0.1) is 11.6 Å². The summed E-state index contributed by atoms with van der Waals surface area (Å²) in [5, 5.41) is 0.518. The number of alkyl halides is 1. The number of hydrogen-bond acceptors (Lipinski definition) is 3. The van der Waals surface area contributed by atoms with Crippen LogP contribution in [0.5, 0.6) is 5.75 Å². The highest BCUT2D eigenvalue weighted by Crippen LogP contribution is 2.17. The largest absolute Gasteiger partial charge is 0.492 e. The SMILES string of the molecule is O=c1ccoc2ccc(OCCCl)cc12. The van der Waals surface area contributed by atoms with Crippen molar-refractivity contribution >= 4 is 22.6 Å². The minimum atomic E-state index is -0.0763. The number of hydrogen-bond donors (Lipinski definition) is 0. The number of halogens is 1. The van der Waals surface area contributed by atoms with Crippen molar-refractivity contribution in [2.24, 2.45) is 0 Å². The lowest BCUT2D eigenvalue weighted by molar-refractivity contribution is 0.343. The van der Waals surface area contributed by atoms with E-state index in [2.05, 4.69) is 0 Å². The quantitative estimate of drug-likeness (QED) is 0.752. The van der Waals surface area contributed by atoms with Crippen molar-refractivity contribution in [2.45, 2.75) is 0 Å². The highest BCUT2D eigenvalue weighted by Gasteiger charge is 2.01. The molecule has 0 fully saturated rings. The van der Waals surface area contributed by atoms with Gasteiger partial charge in [0.2, 0.25) is 0 Å². The van der Waals surface area contributed by atoms with E-state index in [4.69, 9.17) is 20.8 Å². The van der Waals surface area contributed by atoms with Crippen molar-refractivity contribution in [3.8, 4) is 5.75 Å². The molecule has 0 aliphatic carbocycles. The fourth-order valence-electron chi connectivity index (χ4n) is 1.31. The fourth-order valence-corrected chi connectivity index (χ4v) is 1.39. The molecule has 2 aromatic rings. The lowest BCUT2D eigenvalue weighted by Crippen LogP contribution is -2.01. The average Bonchev–Trinajstić information content (AvgIpc) is 2.27. The van der Waals surface area contributed by atoms with Crippen molar-refractivity contribution in [3.63, 3.8) is 0 Å². The summed E-state index contributed by atoms with van der Waals surface area (Å²) in [5.41, 5.74) is 0.480. The van der Waals surface area contributed by atoms with Gasteiger partial charge >= 0.3 is 0 Å². The van der Waals surface area contributed by atoms with Crippen LogP contribution in [-0.2, 0) is 0 Å². The van der Waals surface area contributed by atoms with E-state index in [9.17, 15) is 4.79 Å². The maximum absolute atomic E-state index is 11.5. The van der Waals surface area contributed by atoms with Crippen molar-refractivity contribution in [1.29, 1.82) is 0 Å². The topological polar surface area (TPSA) is 39.4 Å². The lowest BCUT2D eigenvalue weighted by atomic mass is 10.2. The Balaban J connectivity index is 2.45. The van der Waals surface area contributed by atoms with Gasteiger partial charge in [-0.1, -0.05) is 0 Å². The Morgan fingerprint density at radius 1 is 1.33 bits per heavy atom. The molecule has 0 unspecified atom stereocenters. The molecule has 0 aliphatic heterocycles. The Hall–Kier alpha value is -1.48. The first-order valence-corrected chi connectivity index (χ1v) is 5.05. The summed E-state index contributed by atoms with van der Waals surface area (Å²) in [6.07, 6.45) is 1.38. The molecular formula is C11H9ClO3. The van der Waals surface area contributed by atoms with Gasteiger partial charge in [0.1, 0.15) is 17.9 Å². The zero-order valence-electron chi connectivity index (χ0n) is 7.90. The number of ether oxygens (including phenoxy) is 1. The van der Waals surface area contributed by atoms with Crippen molar-refractivity contribution in [3.05, 3.63) is 40.8 Å². The van der Waals surface area contributed by atoms with Crippen molar-refractivity contribution in [2.75, 3.05) is 12.5 Å². The van der Waals surface area contributed by atoms with Gasteiger partial charge in [-0.2, -0.15) is 0 Å². The first-order valence-electron chi connectivity index (χ1n) is 4.51. The molecule has 2 rings (SSSR count). The van der Waals surface area contributed by atoms with Gasteiger partial charge in [-0.25, -0.2) is 0 Å². The summed E-state index contributed by atoms with van der Waals surface area (Å²) in [4.78, 5) is 11.5. The Morgan fingerprint density at radius 3 is 3.00 bits per heavy atom. The fraction of sp³-hybridized carbons (Fsp3) is 0.182. The third kappa shape index (κ3) is 2.13. The molecule has 15 heavy (non-hydrogen) atoms. The first kappa shape index (κ1) is 10.1. The van der Waals surface area contributed by atoms with Crippen LogP contribution in [0, 0.1) is 0 Å². The Bertz CT molecular complexity index is 518. The summed E-state index contributed by atoms with van der Waals surface area (Å²) >= 11 is 5.50. The van der Waals surface area contributed by atoms with E-state index in [-0.39, 0.29) is 5.43 Å². The van der Waals surface area contributed by atoms with Crippen LogP contribution < -0.4 is 10.2 Å². The van der Waals surface area contributed by atoms with Gasteiger partial charge in [-0.05, 0) is 18.2 Å². The normalized spacial score (nSPS) is 10.5. The van der Waals surface area contributed by atoms with Gasteiger partial charge in [-0.3, -0.25) is 4.79 Å². The van der Waals surface area contributed by atoms with E-state index in [0.29, 0.717) is 29.2 Å². The second-order valence-corrected chi connectivity index (χ2v) is 3.36. The van der Waals surface area contributed by atoms with E-state index in [1.54, 1.807) is 18.2 Å². The monoisotopic (exact) mass is 224 g/mol. The molecule has 0 amide bonds. The van der Waals surface area contributed by atoms with Gasteiger partial charge in [0, 0.05) is 6.07 Å². The van der Waals surface area contributed by atoms with Crippen LogP contribution >= 0.6 is 11.6 Å². The number of rotatable bonds is 3. The molecule has 0 saturated carbocycles. The van der Waals surface area contributed by atoms with Crippen LogP contribution in [0.3, 0.4) is 0 Å². The van der Waals surface area contributed by atoms with Gasteiger partial charge < -0.3 is 9.15 Å². The van der Waals surface area contributed by atoms with Crippen LogP contribution in [-0.4, -0.2) is 12.5 Å². The Labute approximate surface area is 91.2 Å². The number of benzene rings is 1. The predicted molar refractivity (Wildman–Crippen MR) is 58.7 cm³/mol. The molecule has 0 radical (unpaired) electrons. The van der Waals surface area contributed by atoms with Crippen LogP contribution in [0.1, 0.15) is 0 Å². The predicted octanol–water partition coefficient (Wildman–Crippen LogP) is 2.41. The zero-order valence-corrected chi connectivity index (χ0v) is 8.66. The van der Waals surface area contributed by atoms with Crippen molar-refractivity contribution in [1.82, 2.24) is 0 Å². The second kappa shape index (κ2) is 4.36. The molecule has 1 heterocycles. The molecule has 78 valence electrons. The average molecular weight is 225 g/mol. The zero-order chi connectivity index (χ0) is 10.7. The van der Waals surface area contributed by atoms with E-state index < -0.39 is 0 Å². The summed E-state index contributed by atoms with van der Waals surface area (Å²) in [6.45, 7) is 0.422. The second-order valence-electron chi connectivity index (χ2n) is 2.98. The van der Waals surface area contributed by atoms with Crippen LogP contribution in [0.4, 0.5) is 0 Å². The molecule has 3 nitrogen and oxygen atoms in total. The molecule has 0 saturated heterocycles. The van der Waals surface area contributed by atoms with E-state index >= 15 is 0 Å². The third-order valence-electron chi connectivity index (χ3n) is 1.98. The highest BCUT2D eigenvalue weighted by atomic mass is 35.5. The Morgan fingerprint density at radius 2 is 2.20 bits per heavy atom. The van der Waals surface area contributed by atoms with Crippen LogP contribution in [0.2, 0.25) is 0 Å².